The average molecular weight is 169 g/mol. The Kier molecular flexibility index (Phi) is 8.32. The van der Waals surface area contributed by atoms with Gasteiger partial charge in [-0.25, -0.2) is 0 Å². The van der Waals surface area contributed by atoms with E-state index in [1.807, 2.05) is 25.7 Å². The molecule has 4 nitrogen and oxygen atoms in total. The molecule has 0 aromatic rings. The van der Waals surface area contributed by atoms with Gasteiger partial charge in [0.2, 0.25) is 0 Å². The molecule has 11 heavy (non-hydrogen) atoms. The van der Waals surface area contributed by atoms with Crippen LogP contribution >= 0.6 is 0 Å². The minimum atomic E-state index is -0.0833. The molecule has 0 aromatic heterocycles. The molecule has 0 aromatic carbocycles. The quantitative estimate of drug-likeness (QED) is 0.299. The van der Waals surface area contributed by atoms with Crippen LogP contribution in [0.15, 0.2) is 0 Å². The summed E-state index contributed by atoms with van der Waals surface area (Å²) in [7, 11) is 0. The average Bonchev–Trinajstić information content (AvgIpc) is 1.59. The second-order valence-electron chi connectivity index (χ2n) is 2.67. The van der Waals surface area contributed by atoms with E-state index in [1.165, 1.54) is 0 Å². The zero-order valence-corrected chi connectivity index (χ0v) is 9.91. The van der Waals surface area contributed by atoms with Crippen LogP contribution in [0.1, 0.15) is 20.8 Å². The van der Waals surface area contributed by atoms with E-state index in [1.54, 1.807) is 0 Å². The van der Waals surface area contributed by atoms with E-state index in [0.717, 1.165) is 0 Å². The van der Waals surface area contributed by atoms with Gasteiger partial charge in [0.05, 0.1) is 18.5 Å². The van der Waals surface area contributed by atoms with Gasteiger partial charge in [-0.2, -0.15) is 0 Å². The molecule has 0 heterocycles. The van der Waals surface area contributed by atoms with Gasteiger partial charge < -0.3 is 17.2 Å². The zero-order valence-electron chi connectivity index (χ0n) is 7.91. The van der Waals surface area contributed by atoms with Gasteiger partial charge in [0.1, 0.15) is 0 Å². The topological polar surface area (TPSA) is 81.3 Å². The van der Waals surface area contributed by atoms with Crippen molar-refractivity contribution in [3.05, 3.63) is 0 Å². The largest absolute Gasteiger partial charge is 1.00 e. The first-order valence-electron chi connectivity index (χ1n) is 3.51. The van der Waals surface area contributed by atoms with Crippen LogP contribution in [0.5, 0.6) is 0 Å². The Morgan fingerprint density at radius 3 is 1.00 bits per heavy atom. The van der Waals surface area contributed by atoms with E-state index in [0.29, 0.717) is 0 Å². The molecule has 5 heteroatoms. The number of nitrogens with zero attached hydrogens (tertiary/aromatic N) is 1. The third kappa shape index (κ3) is 5.14. The molecule has 0 radical (unpaired) electrons. The van der Waals surface area contributed by atoms with Crippen LogP contribution < -0.4 is 46.8 Å². The summed E-state index contributed by atoms with van der Waals surface area (Å²) in [6.45, 7) is 5.60. The van der Waals surface area contributed by atoms with Crippen LogP contribution in [0, 0.1) is 0 Å². The zero-order chi connectivity index (χ0) is 8.31. The van der Waals surface area contributed by atoms with E-state index in [2.05, 4.69) is 0 Å². The van der Waals surface area contributed by atoms with Crippen LogP contribution in [0.4, 0.5) is 0 Å². The van der Waals surface area contributed by atoms with E-state index < -0.39 is 0 Å². The van der Waals surface area contributed by atoms with Gasteiger partial charge >= 0.3 is 29.6 Å². The summed E-state index contributed by atoms with van der Waals surface area (Å²) in [5.74, 6) is 0. The van der Waals surface area contributed by atoms with E-state index in [9.17, 15) is 0 Å². The number of hydrogen-bond donors (Lipinski definition) is 3. The van der Waals surface area contributed by atoms with Crippen LogP contribution in [0.25, 0.3) is 0 Å². The summed E-state index contributed by atoms with van der Waals surface area (Å²) >= 11 is 0. The molecule has 0 saturated carbocycles. The molecule has 0 amide bonds. The van der Waals surface area contributed by atoms with Gasteiger partial charge in [0.15, 0.2) is 0 Å². The van der Waals surface area contributed by atoms with Crippen molar-refractivity contribution >= 4 is 0 Å². The van der Waals surface area contributed by atoms with Crippen molar-refractivity contribution in [3.63, 3.8) is 0 Å². The third-order valence-electron chi connectivity index (χ3n) is 1.41. The predicted octanol–water partition coefficient (Wildman–Crippen LogP) is -3.79. The summed E-state index contributed by atoms with van der Waals surface area (Å²) in [5.41, 5.74) is 16.8. The van der Waals surface area contributed by atoms with Gasteiger partial charge in [0.25, 0.3) is 0 Å². The molecule has 3 unspecified atom stereocenters. The first-order valence-corrected chi connectivity index (χ1v) is 3.51. The smallest absolute Gasteiger partial charge is 0.316 e. The molecule has 0 fully saturated rings. The Balaban J connectivity index is 0. The van der Waals surface area contributed by atoms with E-state index >= 15 is 0 Å². The monoisotopic (exact) mass is 169 g/mol. The number of hydrogen-bond acceptors (Lipinski definition) is 4. The van der Waals surface area contributed by atoms with Crippen LogP contribution in [0.2, 0.25) is 0 Å². The molecular formula is C6H18N4Na+. The molecule has 0 rings (SSSR count). The molecule has 0 bridgehead atoms. The summed E-state index contributed by atoms with van der Waals surface area (Å²) in [5, 5.41) is 0. The van der Waals surface area contributed by atoms with Crippen molar-refractivity contribution in [2.45, 2.75) is 39.3 Å². The summed E-state index contributed by atoms with van der Waals surface area (Å²) in [6, 6.07) is 0. The van der Waals surface area contributed by atoms with Crippen LogP contribution in [0.3, 0.4) is 0 Å². The molecule has 0 spiro atoms. The third-order valence-corrected chi connectivity index (χ3v) is 1.41. The maximum atomic E-state index is 5.60. The molecule has 0 aliphatic heterocycles. The summed E-state index contributed by atoms with van der Waals surface area (Å²) in [4.78, 5) is 1.83. The Labute approximate surface area is 90.8 Å². The van der Waals surface area contributed by atoms with Gasteiger partial charge in [-0.1, -0.05) is 0 Å². The fourth-order valence-electron chi connectivity index (χ4n) is 1.11. The molecule has 0 aliphatic rings. The van der Waals surface area contributed by atoms with E-state index in [4.69, 9.17) is 17.2 Å². The van der Waals surface area contributed by atoms with Gasteiger partial charge in [-0.15, -0.1) is 0 Å². The fraction of sp³-hybridized carbons (Fsp3) is 1.00. The Morgan fingerprint density at radius 1 is 0.818 bits per heavy atom. The predicted molar refractivity (Wildman–Crippen MR) is 42.8 cm³/mol. The van der Waals surface area contributed by atoms with Crippen molar-refractivity contribution in [2.24, 2.45) is 17.2 Å². The standard InChI is InChI=1S/C6H18N4.Na/c1-4(7)10(5(2)8)6(3)9;/h4-6H,7-9H2,1-3H3;/q;+1. The first kappa shape index (κ1) is 14.4. The molecule has 62 valence electrons. The van der Waals surface area contributed by atoms with Crippen molar-refractivity contribution < 1.29 is 29.6 Å². The number of nitrogens with two attached hydrogens (primary N) is 3. The minimum absolute atomic E-state index is 0. The fourth-order valence-corrected chi connectivity index (χ4v) is 1.11. The van der Waals surface area contributed by atoms with Gasteiger partial charge in [-0.05, 0) is 20.8 Å². The number of rotatable bonds is 3. The second-order valence-corrected chi connectivity index (χ2v) is 2.67. The Morgan fingerprint density at radius 2 is 1.00 bits per heavy atom. The maximum Gasteiger partial charge on any atom is 1.00 e. The van der Waals surface area contributed by atoms with Gasteiger partial charge in [-0.3, -0.25) is 4.90 Å². The molecule has 6 N–H and O–H groups in total. The van der Waals surface area contributed by atoms with Crippen LogP contribution in [-0.4, -0.2) is 23.4 Å². The van der Waals surface area contributed by atoms with Crippen molar-refractivity contribution in [2.75, 3.05) is 0 Å². The first-order chi connectivity index (χ1) is 4.46. The SMILES string of the molecule is CC(N)N(C(C)N)C(C)N.[Na+]. The normalized spacial score (nSPS) is 18.8. The van der Waals surface area contributed by atoms with Gasteiger partial charge in [0, 0.05) is 0 Å². The Hall–Kier alpha value is 0.840. The molecule has 3 atom stereocenters. The minimum Gasteiger partial charge on any atom is -0.316 e. The molecular weight excluding hydrogens is 151 g/mol. The van der Waals surface area contributed by atoms with Crippen molar-refractivity contribution in [3.8, 4) is 0 Å². The molecule has 0 saturated heterocycles. The van der Waals surface area contributed by atoms with Crippen molar-refractivity contribution in [1.29, 1.82) is 0 Å². The van der Waals surface area contributed by atoms with Crippen LogP contribution in [-0.2, 0) is 0 Å². The second kappa shape index (κ2) is 6.37. The maximum absolute atomic E-state index is 5.60. The van der Waals surface area contributed by atoms with Crippen molar-refractivity contribution in [1.82, 2.24) is 4.90 Å². The Bertz CT molecular complexity index is 75.6. The van der Waals surface area contributed by atoms with E-state index in [-0.39, 0.29) is 48.1 Å². The molecule has 0 aliphatic carbocycles. The summed E-state index contributed by atoms with van der Waals surface area (Å²) in [6.07, 6.45) is -0.250. The summed E-state index contributed by atoms with van der Waals surface area (Å²) < 4.78 is 0.